The van der Waals surface area contributed by atoms with E-state index in [2.05, 4.69) is 15.6 Å². The molecule has 0 aliphatic heterocycles. The van der Waals surface area contributed by atoms with Crippen molar-refractivity contribution in [3.8, 4) is 5.69 Å². The number of Topliss-reactive ketones (excluding diaryl/α,β-unsaturated/α-hetero) is 1. The molecule has 0 amide bonds. The van der Waals surface area contributed by atoms with Crippen molar-refractivity contribution >= 4 is 111 Å². The monoisotopic (exact) mass is 1060 g/mol. The lowest BCUT2D eigenvalue weighted by Crippen LogP contribution is -2.24. The molecule has 26 heteroatoms. The predicted octanol–water partition coefficient (Wildman–Crippen LogP) is 10.2. The summed E-state index contributed by atoms with van der Waals surface area (Å²) in [5.74, 6) is -0.374. The zero-order valence-electron chi connectivity index (χ0n) is 36.4. The maximum Gasteiger partial charge on any atom is 0.455 e. The number of hydrazine groups is 1. The number of nitrogens with one attached hydrogen (secondary N) is 2. The van der Waals surface area contributed by atoms with Crippen molar-refractivity contribution in [2.45, 2.75) is 85.1 Å². The number of anilines is 2. The van der Waals surface area contributed by atoms with E-state index in [4.69, 9.17) is 54.9 Å². The number of esters is 3. The highest BCUT2D eigenvalue weighted by atomic mass is 35.5. The molecule has 3 atom stereocenters. The summed E-state index contributed by atoms with van der Waals surface area (Å²) in [6, 6.07) is 8.54. The number of halogens is 9. The Morgan fingerprint density at radius 3 is 1.54 bits per heavy atom. The number of nitrogens with zero attached hydrogens (tertiary/aromatic N) is 3. The molecule has 3 aromatic carbocycles. The minimum absolute atomic E-state index is 0.000420. The van der Waals surface area contributed by atoms with Gasteiger partial charge in [0.15, 0.2) is 5.82 Å². The quantitative estimate of drug-likeness (QED) is 0.0172. The van der Waals surface area contributed by atoms with Crippen molar-refractivity contribution in [3.05, 3.63) is 97.1 Å². The van der Waals surface area contributed by atoms with Crippen LogP contribution in [0.25, 0.3) is 5.69 Å². The highest BCUT2D eigenvalue weighted by Gasteiger charge is 2.37. The molecule has 0 aliphatic carbocycles. The normalized spacial score (nSPS) is 12.4. The third-order valence-electron chi connectivity index (χ3n) is 7.78. The Kier molecular flexibility index (Phi) is 24.4. The van der Waals surface area contributed by atoms with Gasteiger partial charge >= 0.3 is 24.1 Å². The third-order valence-corrected chi connectivity index (χ3v) is 12.5. The molecule has 0 fully saturated rings. The highest BCUT2D eigenvalue weighted by molar-refractivity contribution is 8.01. The van der Waals surface area contributed by atoms with Gasteiger partial charge in [-0.3, -0.25) is 35.2 Å². The smallest absolute Gasteiger partial charge is 0.455 e. The maximum absolute atomic E-state index is 14.2. The number of thioether (sulfide) groups is 3. The summed E-state index contributed by atoms with van der Waals surface area (Å²) in [4.78, 5) is 58.8. The Labute approximate surface area is 408 Å². The van der Waals surface area contributed by atoms with Crippen molar-refractivity contribution in [2.24, 2.45) is 10.9 Å². The van der Waals surface area contributed by atoms with Crippen molar-refractivity contribution in [3.63, 3.8) is 0 Å². The number of carbonyl (C=O) groups excluding carboxylic acids is 4. The first-order valence-corrected chi connectivity index (χ1v) is 23.1. The summed E-state index contributed by atoms with van der Waals surface area (Å²) in [7, 11) is 0. The molecule has 4 N–H and O–H groups in total. The zero-order valence-corrected chi connectivity index (χ0v) is 41.1. The number of benzene rings is 3. The van der Waals surface area contributed by atoms with E-state index in [-0.39, 0.29) is 62.4 Å². The van der Waals surface area contributed by atoms with Gasteiger partial charge in [0, 0.05) is 20.8 Å². The molecular weight excluding hydrogens is 1020 g/mol. The first-order chi connectivity index (χ1) is 31.4. The number of aromatic nitrogens is 2. The summed E-state index contributed by atoms with van der Waals surface area (Å²) >= 11 is 21.1. The second kappa shape index (κ2) is 28.0. The number of aryl methyl sites for hydroxylation is 1. The van der Waals surface area contributed by atoms with Gasteiger partial charge in [-0.25, -0.2) is 13.2 Å². The van der Waals surface area contributed by atoms with Crippen LogP contribution in [0, 0.1) is 24.4 Å². The number of nitrogens with two attached hydrogens (primary N) is 1. The maximum atomic E-state index is 14.2. The number of carbonyl (C=O) groups is 4. The standard InChI is InChI=1S/C16H16ClFN2O3S.C14H13ClF4N2O3S.C11H14ClFN2O2S/c1-4-23-16(22)10(3)24-14-7-13(12(18)6-11(14)17)20-15(21)5-9(2)8-19-20;1-3-24-13(23)7(2)25-11-5-10(9(16)4-8(11)15)21-20-6-12(22)14(17,18)19;1-3-17-11(16)6(2)18-10-5-9(15-14)8(13)4-7(10)12/h5-8,10H,4H2,1-3H3;4-7,21H,3H2,1-2H3;4-6,15H,3,14H2,1-2H3/b;20-6-;. The van der Waals surface area contributed by atoms with Crippen LogP contribution in [0.5, 0.6) is 0 Å². The Balaban J connectivity index is 0.000000350. The van der Waals surface area contributed by atoms with Crippen LogP contribution in [0.4, 0.5) is 37.7 Å². The van der Waals surface area contributed by atoms with E-state index < -0.39 is 62.7 Å². The van der Waals surface area contributed by atoms with E-state index in [1.165, 1.54) is 36.2 Å². The second-order valence-electron chi connectivity index (χ2n) is 13.0. The fourth-order valence-electron chi connectivity index (χ4n) is 4.61. The predicted molar refractivity (Wildman–Crippen MR) is 249 cm³/mol. The number of hydrogen-bond donors (Lipinski definition) is 3. The molecule has 1 aromatic heterocycles. The van der Waals surface area contributed by atoms with Crippen LogP contribution < -0.4 is 22.3 Å². The number of rotatable bonds is 17. The van der Waals surface area contributed by atoms with Gasteiger partial charge in [0.1, 0.15) is 33.1 Å². The average molecular weight is 1060 g/mol. The number of alkyl halides is 3. The van der Waals surface area contributed by atoms with Crippen LogP contribution in [-0.2, 0) is 33.4 Å². The molecular formula is C41H43Cl3F6N6O8S3. The number of hydrazone groups is 1. The van der Waals surface area contributed by atoms with Crippen LogP contribution >= 0.6 is 70.1 Å². The molecule has 0 spiro atoms. The lowest BCUT2D eigenvalue weighted by Gasteiger charge is -2.13. The molecule has 67 heavy (non-hydrogen) atoms. The van der Waals surface area contributed by atoms with Gasteiger partial charge in [-0.2, -0.15) is 28.1 Å². The van der Waals surface area contributed by atoms with Gasteiger partial charge in [0.2, 0.25) is 0 Å². The minimum Gasteiger partial charge on any atom is -0.465 e. The molecule has 0 radical (unpaired) electrons. The number of nitrogen functional groups attached to an aromatic ring is 1. The summed E-state index contributed by atoms with van der Waals surface area (Å²) in [6.45, 7) is 12.5. The van der Waals surface area contributed by atoms with E-state index >= 15 is 0 Å². The molecule has 4 aromatic rings. The molecule has 4 rings (SSSR count). The molecule has 1 heterocycles. The second-order valence-corrected chi connectivity index (χ2v) is 18.3. The van der Waals surface area contributed by atoms with Gasteiger partial charge in [0.05, 0.1) is 58.7 Å². The number of hydrogen-bond acceptors (Lipinski definition) is 16. The van der Waals surface area contributed by atoms with Gasteiger partial charge in [-0.15, -0.1) is 35.3 Å². The van der Waals surface area contributed by atoms with E-state index in [0.29, 0.717) is 22.0 Å². The van der Waals surface area contributed by atoms with Crippen LogP contribution in [0.2, 0.25) is 15.1 Å². The van der Waals surface area contributed by atoms with Gasteiger partial charge in [-0.1, -0.05) is 34.8 Å². The third kappa shape index (κ3) is 18.8. The lowest BCUT2D eigenvalue weighted by molar-refractivity contribution is -0.162. The lowest BCUT2D eigenvalue weighted by atomic mass is 10.3. The molecule has 0 saturated carbocycles. The zero-order chi connectivity index (χ0) is 50.8. The topological polar surface area (TPSA) is 193 Å². The summed E-state index contributed by atoms with van der Waals surface area (Å²) in [5, 5.41) is 5.77. The Hall–Kier alpha value is -4.65. The van der Waals surface area contributed by atoms with Crippen LogP contribution in [0.1, 0.15) is 47.1 Å². The van der Waals surface area contributed by atoms with E-state index in [1.54, 1.807) is 48.5 Å². The molecule has 0 bridgehead atoms. The van der Waals surface area contributed by atoms with Crippen molar-refractivity contribution < 1.29 is 59.7 Å². The Morgan fingerprint density at radius 1 is 0.731 bits per heavy atom. The molecule has 366 valence electrons. The van der Waals surface area contributed by atoms with Crippen molar-refractivity contribution in [2.75, 3.05) is 30.7 Å². The first-order valence-electron chi connectivity index (χ1n) is 19.3. The first kappa shape index (κ1) is 58.5. The average Bonchev–Trinajstić information content (AvgIpc) is 3.24. The van der Waals surface area contributed by atoms with E-state index in [0.717, 1.165) is 52.5 Å². The van der Waals surface area contributed by atoms with Gasteiger partial charge < -0.3 is 19.6 Å². The van der Waals surface area contributed by atoms with Crippen LogP contribution in [-0.4, -0.2) is 81.4 Å². The van der Waals surface area contributed by atoms with E-state index in [9.17, 15) is 50.3 Å². The fourth-order valence-corrected chi connectivity index (χ4v) is 8.17. The molecule has 3 unspecified atom stereocenters. The highest BCUT2D eigenvalue weighted by Crippen LogP contribution is 2.37. The van der Waals surface area contributed by atoms with E-state index in [1.807, 2.05) is 5.43 Å². The molecule has 0 saturated heterocycles. The van der Waals surface area contributed by atoms with Crippen LogP contribution in [0.3, 0.4) is 0 Å². The van der Waals surface area contributed by atoms with Crippen molar-refractivity contribution in [1.29, 1.82) is 0 Å². The minimum atomic E-state index is -5.07. The van der Waals surface area contributed by atoms with Crippen molar-refractivity contribution in [1.82, 2.24) is 9.78 Å². The number of ketones is 1. The fraction of sp³-hybridized carbons (Fsp3) is 0.341. The summed E-state index contributed by atoms with van der Waals surface area (Å²) in [6.07, 6.45) is -3.62. The van der Waals surface area contributed by atoms with Crippen LogP contribution in [0.15, 0.2) is 73.2 Å². The van der Waals surface area contributed by atoms with Gasteiger partial charge in [0.25, 0.3) is 11.3 Å². The Bertz CT molecular complexity index is 2470. The summed E-state index contributed by atoms with van der Waals surface area (Å²) < 4.78 is 93.1. The molecule has 14 nitrogen and oxygen atoms in total. The molecule has 0 aliphatic rings. The summed E-state index contributed by atoms with van der Waals surface area (Å²) in [5.41, 5.74) is 4.23. The number of ether oxygens (including phenoxy) is 3. The largest absolute Gasteiger partial charge is 0.465 e. The SMILES string of the molecule is CCOC(=O)C(C)Sc1cc(-n2ncc(C)cc2=O)c(F)cc1Cl.CCOC(=O)C(C)Sc1cc(N/N=C\C(=O)C(F)(F)F)c(F)cc1Cl.CCOC(=O)C(C)Sc1cc(NN)c(F)cc1Cl. The Morgan fingerprint density at radius 2 is 1.13 bits per heavy atom. The van der Waals surface area contributed by atoms with Gasteiger partial charge in [-0.05, 0) is 90.4 Å².